The first-order valence-corrected chi connectivity index (χ1v) is 18.7. The zero-order valence-corrected chi connectivity index (χ0v) is 29.6. The van der Waals surface area contributed by atoms with Gasteiger partial charge in [-0.15, -0.1) is 0 Å². The molecule has 0 unspecified atom stereocenters. The SMILES string of the molecule is c1ccc(-c2nc(-c3ccccc3)nc(-c3cc4c5ccccc5c5ccccc5c4cc3-c3cccc4c3c3cccc5c6ccccc6n4c53)n2)cc1. The molecule has 12 aromatic rings. The minimum atomic E-state index is 0.640. The van der Waals surface area contributed by atoms with Crippen molar-refractivity contribution in [1.29, 1.82) is 0 Å². The molecule has 4 heteroatoms. The molecule has 0 atom stereocenters. The highest BCUT2D eigenvalue weighted by atomic mass is 15.0. The summed E-state index contributed by atoms with van der Waals surface area (Å²) in [5.41, 5.74) is 8.74. The zero-order chi connectivity index (χ0) is 36.0. The molecule has 0 spiro atoms. The molecule has 0 radical (unpaired) electrons. The third kappa shape index (κ3) is 4.37. The van der Waals surface area contributed by atoms with E-state index in [4.69, 9.17) is 15.0 Å². The number of fused-ring (bicyclic) bond motifs is 12. The zero-order valence-electron chi connectivity index (χ0n) is 29.6. The maximum atomic E-state index is 5.31. The summed E-state index contributed by atoms with van der Waals surface area (Å²) in [7, 11) is 0. The van der Waals surface area contributed by atoms with Gasteiger partial charge in [-0.05, 0) is 67.7 Å². The Bertz CT molecular complexity index is 3420. The van der Waals surface area contributed by atoms with Crippen molar-refractivity contribution in [2.45, 2.75) is 0 Å². The molecule has 3 heterocycles. The van der Waals surface area contributed by atoms with Crippen LogP contribution in [-0.4, -0.2) is 19.4 Å². The smallest absolute Gasteiger partial charge is 0.164 e. The maximum absolute atomic E-state index is 5.31. The summed E-state index contributed by atoms with van der Waals surface area (Å²) in [5.74, 6) is 1.93. The molecule has 0 saturated heterocycles. The number of benzene rings is 9. The van der Waals surface area contributed by atoms with Crippen molar-refractivity contribution >= 4 is 70.4 Å². The highest BCUT2D eigenvalue weighted by Crippen LogP contribution is 2.47. The van der Waals surface area contributed by atoms with Crippen LogP contribution >= 0.6 is 0 Å². The van der Waals surface area contributed by atoms with E-state index in [1.807, 2.05) is 36.4 Å². The van der Waals surface area contributed by atoms with Crippen LogP contribution in [0.5, 0.6) is 0 Å². The molecule has 0 bridgehead atoms. The van der Waals surface area contributed by atoms with E-state index in [0.29, 0.717) is 17.5 Å². The van der Waals surface area contributed by atoms with Crippen molar-refractivity contribution < 1.29 is 0 Å². The molecule has 0 aliphatic heterocycles. The summed E-state index contributed by atoms with van der Waals surface area (Å²) in [5, 5.41) is 12.3. The minimum absolute atomic E-state index is 0.640. The summed E-state index contributed by atoms with van der Waals surface area (Å²) in [6.45, 7) is 0. The van der Waals surface area contributed by atoms with Crippen molar-refractivity contribution in [3.05, 3.63) is 182 Å². The molecule has 0 aliphatic carbocycles. The fourth-order valence-corrected chi connectivity index (χ4v) is 8.99. The van der Waals surface area contributed by atoms with Crippen LogP contribution < -0.4 is 0 Å². The first kappa shape index (κ1) is 30.1. The van der Waals surface area contributed by atoms with Crippen LogP contribution in [0.4, 0.5) is 0 Å². The van der Waals surface area contributed by atoms with E-state index in [-0.39, 0.29) is 0 Å². The van der Waals surface area contributed by atoms with Gasteiger partial charge >= 0.3 is 0 Å². The molecule has 254 valence electrons. The molecule has 4 nitrogen and oxygen atoms in total. The van der Waals surface area contributed by atoms with Crippen LogP contribution in [-0.2, 0) is 0 Å². The number of nitrogens with zero attached hydrogens (tertiary/aromatic N) is 4. The lowest BCUT2D eigenvalue weighted by molar-refractivity contribution is 1.07. The van der Waals surface area contributed by atoms with Crippen LogP contribution in [0.25, 0.3) is 116 Å². The lowest BCUT2D eigenvalue weighted by Gasteiger charge is -2.17. The predicted octanol–water partition coefficient (Wildman–Crippen LogP) is 13.1. The molecule has 0 aliphatic rings. The third-order valence-corrected chi connectivity index (χ3v) is 11.4. The van der Waals surface area contributed by atoms with Gasteiger partial charge in [-0.25, -0.2) is 15.0 Å². The second-order valence-corrected chi connectivity index (χ2v) is 14.3. The number of para-hydroxylation sites is 2. The largest absolute Gasteiger partial charge is 0.308 e. The van der Waals surface area contributed by atoms with E-state index in [0.717, 1.165) is 27.8 Å². The molecule has 9 aromatic carbocycles. The molecular formula is C51H30N4. The van der Waals surface area contributed by atoms with E-state index < -0.39 is 0 Å². The number of rotatable bonds is 4. The first-order valence-electron chi connectivity index (χ1n) is 18.7. The summed E-state index contributed by atoms with van der Waals surface area (Å²) in [6, 6.07) is 64.9. The Balaban J connectivity index is 1.26. The van der Waals surface area contributed by atoms with Crippen LogP contribution in [0, 0.1) is 0 Å². The average molecular weight is 699 g/mol. The normalized spacial score (nSPS) is 12.0. The van der Waals surface area contributed by atoms with Gasteiger partial charge in [0.2, 0.25) is 0 Å². The van der Waals surface area contributed by atoms with Crippen molar-refractivity contribution in [3.63, 3.8) is 0 Å². The van der Waals surface area contributed by atoms with Crippen molar-refractivity contribution in [2.24, 2.45) is 0 Å². The van der Waals surface area contributed by atoms with Gasteiger partial charge in [0.25, 0.3) is 0 Å². The summed E-state index contributed by atoms with van der Waals surface area (Å²) < 4.78 is 2.45. The second kappa shape index (κ2) is 11.5. The lowest BCUT2D eigenvalue weighted by Crippen LogP contribution is -2.01. The maximum Gasteiger partial charge on any atom is 0.164 e. The van der Waals surface area contributed by atoms with Gasteiger partial charge in [-0.3, -0.25) is 0 Å². The summed E-state index contributed by atoms with van der Waals surface area (Å²) >= 11 is 0. The van der Waals surface area contributed by atoms with Crippen LogP contribution in [0.2, 0.25) is 0 Å². The highest BCUT2D eigenvalue weighted by molar-refractivity contribution is 6.29. The third-order valence-electron chi connectivity index (χ3n) is 11.4. The van der Waals surface area contributed by atoms with E-state index in [1.165, 1.54) is 70.4 Å². The highest BCUT2D eigenvalue weighted by Gasteiger charge is 2.23. The first-order chi connectivity index (χ1) is 27.3. The van der Waals surface area contributed by atoms with Gasteiger partial charge in [0.1, 0.15) is 0 Å². The van der Waals surface area contributed by atoms with Crippen LogP contribution in [0.1, 0.15) is 0 Å². The van der Waals surface area contributed by atoms with E-state index in [2.05, 4.69) is 150 Å². The van der Waals surface area contributed by atoms with Gasteiger partial charge in [-0.1, -0.05) is 158 Å². The monoisotopic (exact) mass is 698 g/mol. The quantitative estimate of drug-likeness (QED) is 0.172. The summed E-state index contributed by atoms with van der Waals surface area (Å²) in [6.07, 6.45) is 0. The Morgan fingerprint density at radius 2 is 0.745 bits per heavy atom. The Hall–Kier alpha value is -7.43. The Morgan fingerprint density at radius 1 is 0.291 bits per heavy atom. The minimum Gasteiger partial charge on any atom is -0.308 e. The standard InChI is InChI=1S/C51H30N4/c1-3-15-31(16-4-1)49-52-50(32-17-5-2-6-18-32)54-51(53-49)44-30-42-36-22-10-8-20-34(36)33-19-7-9-21-35(33)41(42)29-43(44)38-24-14-28-46-47(38)40-26-13-25-39-37-23-11-12-27-45(37)55(46)48(39)40/h1-30H. The Kier molecular flexibility index (Phi) is 6.31. The predicted molar refractivity (Wildman–Crippen MR) is 229 cm³/mol. The molecule has 0 N–H and O–H groups in total. The fraction of sp³-hybridized carbons (Fsp3) is 0. The Morgan fingerprint density at radius 3 is 1.38 bits per heavy atom. The average Bonchev–Trinajstić information content (AvgIpc) is 3.79. The molecule has 55 heavy (non-hydrogen) atoms. The van der Waals surface area contributed by atoms with Gasteiger partial charge < -0.3 is 4.40 Å². The van der Waals surface area contributed by atoms with Gasteiger partial charge in [0.05, 0.1) is 16.6 Å². The molecule has 0 fully saturated rings. The van der Waals surface area contributed by atoms with Crippen molar-refractivity contribution in [1.82, 2.24) is 19.4 Å². The molecule has 0 amide bonds. The lowest BCUT2D eigenvalue weighted by atomic mass is 9.88. The van der Waals surface area contributed by atoms with Crippen LogP contribution in [0.15, 0.2) is 182 Å². The number of aromatic nitrogens is 4. The molecule has 0 saturated carbocycles. The van der Waals surface area contributed by atoms with Gasteiger partial charge in [0.15, 0.2) is 17.5 Å². The van der Waals surface area contributed by atoms with E-state index >= 15 is 0 Å². The second-order valence-electron chi connectivity index (χ2n) is 14.3. The van der Waals surface area contributed by atoms with E-state index in [1.54, 1.807) is 0 Å². The molecular weight excluding hydrogens is 669 g/mol. The van der Waals surface area contributed by atoms with Gasteiger partial charge in [-0.2, -0.15) is 0 Å². The molecule has 3 aromatic heterocycles. The number of hydrogen-bond donors (Lipinski definition) is 0. The fourth-order valence-electron chi connectivity index (χ4n) is 8.99. The summed E-state index contributed by atoms with van der Waals surface area (Å²) in [4.78, 5) is 15.7. The topological polar surface area (TPSA) is 43.1 Å². The van der Waals surface area contributed by atoms with Crippen molar-refractivity contribution in [2.75, 3.05) is 0 Å². The van der Waals surface area contributed by atoms with Gasteiger partial charge in [0, 0.05) is 38.2 Å². The molecule has 12 rings (SSSR count). The number of hydrogen-bond acceptors (Lipinski definition) is 3. The van der Waals surface area contributed by atoms with E-state index in [9.17, 15) is 0 Å². The Labute approximate surface area is 316 Å². The van der Waals surface area contributed by atoms with Crippen molar-refractivity contribution in [3.8, 4) is 45.3 Å². The van der Waals surface area contributed by atoms with Crippen LogP contribution in [0.3, 0.4) is 0 Å².